The van der Waals surface area contributed by atoms with Gasteiger partial charge in [0.05, 0.1) is 21.7 Å². The van der Waals surface area contributed by atoms with Crippen LogP contribution in [0.1, 0.15) is 25.0 Å². The molecule has 0 atom stereocenters. The second-order valence-electron chi connectivity index (χ2n) is 9.96. The van der Waals surface area contributed by atoms with E-state index in [1.54, 1.807) is 4.90 Å². The van der Waals surface area contributed by atoms with E-state index in [1.807, 2.05) is 19.9 Å². The summed E-state index contributed by atoms with van der Waals surface area (Å²) in [5, 5.41) is 2.58. The molecule has 0 saturated carbocycles. The highest BCUT2D eigenvalue weighted by Gasteiger charge is 2.48. The first-order valence-corrected chi connectivity index (χ1v) is 13.2. The molecule has 0 aliphatic carbocycles. The van der Waals surface area contributed by atoms with Gasteiger partial charge in [0, 0.05) is 49.5 Å². The van der Waals surface area contributed by atoms with Crippen LogP contribution in [-0.4, -0.2) is 59.3 Å². The summed E-state index contributed by atoms with van der Waals surface area (Å²) in [5.74, 6) is -1.13. The fourth-order valence-electron chi connectivity index (χ4n) is 5.60. The van der Waals surface area contributed by atoms with E-state index in [1.165, 1.54) is 17.8 Å². The number of piperazine rings is 1. The number of amides is 2. The van der Waals surface area contributed by atoms with Crippen LogP contribution in [0.4, 0.5) is 15.8 Å². The van der Waals surface area contributed by atoms with Crippen molar-refractivity contribution in [1.82, 2.24) is 10.2 Å². The molecule has 0 aromatic heterocycles. The molecule has 0 bridgehead atoms. The molecule has 6 nitrogen and oxygen atoms in total. The Labute approximate surface area is 218 Å². The van der Waals surface area contributed by atoms with Crippen LogP contribution in [0.25, 0.3) is 11.1 Å². The zero-order valence-electron chi connectivity index (χ0n) is 20.0. The van der Waals surface area contributed by atoms with Gasteiger partial charge in [0.25, 0.3) is 11.8 Å². The minimum absolute atomic E-state index is 0.229. The third kappa shape index (κ3) is 3.77. The highest BCUT2D eigenvalue weighted by Crippen LogP contribution is 2.51. The van der Waals surface area contributed by atoms with E-state index in [2.05, 4.69) is 45.5 Å². The molecule has 4 aliphatic rings. The molecule has 2 saturated heterocycles. The van der Waals surface area contributed by atoms with E-state index in [0.29, 0.717) is 27.7 Å². The molecule has 0 spiro atoms. The standard InChI is InChI=1S/C27H25FN4O2S2/c1-27(2)14-16(15-30-8-10-31(11-9-30)18-6-4-3-5-7-18)19-12-17(28)13-20-21(25(34)32(27)22(19)20)23-24(33)29-26(35)36-23/h3-7,12-14H,8-11,15H2,1-2H3,(H,29,33,35). The lowest BCUT2D eigenvalue weighted by molar-refractivity contribution is -0.116. The molecular weight excluding hydrogens is 495 g/mol. The summed E-state index contributed by atoms with van der Waals surface area (Å²) in [4.78, 5) is 32.9. The highest BCUT2D eigenvalue weighted by atomic mass is 32.2. The maximum Gasteiger partial charge on any atom is 0.264 e. The number of thiocarbonyl (C=S) groups is 1. The van der Waals surface area contributed by atoms with E-state index in [4.69, 9.17) is 12.2 Å². The van der Waals surface area contributed by atoms with Gasteiger partial charge in [-0.05, 0) is 43.7 Å². The number of benzene rings is 2. The summed E-state index contributed by atoms with van der Waals surface area (Å²) in [6, 6.07) is 13.3. The Morgan fingerprint density at radius 1 is 1.06 bits per heavy atom. The molecule has 2 fully saturated rings. The molecule has 4 heterocycles. The van der Waals surface area contributed by atoms with Gasteiger partial charge in [0.2, 0.25) is 0 Å². The van der Waals surface area contributed by atoms with Gasteiger partial charge in [-0.2, -0.15) is 0 Å². The Balaban J connectivity index is 1.35. The number of rotatable bonds is 3. The Morgan fingerprint density at radius 3 is 2.42 bits per heavy atom. The summed E-state index contributed by atoms with van der Waals surface area (Å²) in [6.07, 6.45) is 2.07. The predicted octanol–water partition coefficient (Wildman–Crippen LogP) is 4.03. The van der Waals surface area contributed by atoms with Crippen LogP contribution in [0.2, 0.25) is 0 Å². The van der Waals surface area contributed by atoms with E-state index < -0.39 is 17.3 Å². The van der Waals surface area contributed by atoms with Crippen LogP contribution < -0.4 is 15.1 Å². The first kappa shape index (κ1) is 23.4. The van der Waals surface area contributed by atoms with Gasteiger partial charge in [-0.15, -0.1) is 0 Å². The van der Waals surface area contributed by atoms with Crippen LogP contribution in [0.15, 0.2) is 53.4 Å². The maximum absolute atomic E-state index is 15.0. The lowest BCUT2D eigenvalue weighted by atomic mass is 9.87. The van der Waals surface area contributed by atoms with Crippen molar-refractivity contribution >= 4 is 62.6 Å². The number of anilines is 2. The number of nitrogens with one attached hydrogen (secondary N) is 1. The first-order valence-electron chi connectivity index (χ1n) is 11.9. The summed E-state index contributed by atoms with van der Waals surface area (Å²) in [5.41, 5.74) is 3.67. The summed E-state index contributed by atoms with van der Waals surface area (Å²) < 4.78 is 15.3. The van der Waals surface area contributed by atoms with E-state index in [9.17, 15) is 14.0 Å². The number of thioether (sulfide) groups is 1. The van der Waals surface area contributed by atoms with Crippen LogP contribution in [0.3, 0.4) is 0 Å². The molecule has 4 aliphatic heterocycles. The Kier molecular flexibility index (Phi) is 5.55. The lowest BCUT2D eigenvalue weighted by Crippen LogP contribution is -2.49. The topological polar surface area (TPSA) is 55.9 Å². The normalized spacial score (nSPS) is 23.2. The van der Waals surface area contributed by atoms with Crippen LogP contribution in [0, 0.1) is 5.82 Å². The molecule has 0 unspecified atom stereocenters. The van der Waals surface area contributed by atoms with E-state index in [-0.39, 0.29) is 16.4 Å². The quantitative estimate of drug-likeness (QED) is 0.487. The number of hydrogen-bond acceptors (Lipinski definition) is 6. The largest absolute Gasteiger partial charge is 0.369 e. The Hall–Kier alpha value is -3.01. The zero-order valence-corrected chi connectivity index (χ0v) is 21.6. The summed E-state index contributed by atoms with van der Waals surface area (Å²) in [6.45, 7) is 8.22. The Bertz CT molecular complexity index is 1380. The molecular formula is C27H25FN4O2S2. The monoisotopic (exact) mass is 520 g/mol. The molecule has 6 rings (SSSR count). The van der Waals surface area contributed by atoms with E-state index in [0.717, 1.165) is 43.5 Å². The van der Waals surface area contributed by atoms with Crippen LogP contribution in [0.5, 0.6) is 0 Å². The molecule has 36 heavy (non-hydrogen) atoms. The van der Waals surface area contributed by atoms with Crippen molar-refractivity contribution in [3.05, 3.63) is 70.4 Å². The first-order chi connectivity index (χ1) is 17.2. The molecule has 2 aromatic carbocycles. The second kappa shape index (κ2) is 8.54. The third-order valence-corrected chi connectivity index (χ3v) is 8.40. The Morgan fingerprint density at radius 2 is 1.75 bits per heavy atom. The summed E-state index contributed by atoms with van der Waals surface area (Å²) in [7, 11) is 0. The predicted molar refractivity (Wildman–Crippen MR) is 146 cm³/mol. The average molecular weight is 521 g/mol. The van der Waals surface area contributed by atoms with Gasteiger partial charge in [0.15, 0.2) is 0 Å². The number of hydrogen-bond donors (Lipinski definition) is 1. The van der Waals surface area contributed by atoms with Crippen molar-refractivity contribution < 1.29 is 14.0 Å². The van der Waals surface area contributed by atoms with Crippen LogP contribution in [-0.2, 0) is 9.59 Å². The fourth-order valence-corrected chi connectivity index (χ4v) is 6.71. The number of halogens is 1. The highest BCUT2D eigenvalue weighted by molar-refractivity contribution is 8.27. The molecule has 2 amide bonds. The van der Waals surface area contributed by atoms with Crippen molar-refractivity contribution in [2.45, 2.75) is 19.4 Å². The number of nitrogens with zero attached hydrogens (tertiary/aromatic N) is 3. The minimum Gasteiger partial charge on any atom is -0.369 e. The number of para-hydroxylation sites is 1. The second-order valence-corrected chi connectivity index (χ2v) is 11.6. The lowest BCUT2D eigenvalue weighted by Gasteiger charge is -2.41. The zero-order chi connectivity index (χ0) is 25.2. The van der Waals surface area contributed by atoms with Crippen LogP contribution >= 0.6 is 24.0 Å². The van der Waals surface area contributed by atoms with Crippen molar-refractivity contribution in [2.75, 3.05) is 42.5 Å². The molecule has 184 valence electrons. The van der Waals surface area contributed by atoms with Gasteiger partial charge in [0.1, 0.15) is 10.1 Å². The third-order valence-electron chi connectivity index (χ3n) is 7.17. The van der Waals surface area contributed by atoms with Gasteiger partial charge in [-0.25, -0.2) is 4.39 Å². The molecule has 9 heteroatoms. The van der Waals surface area contributed by atoms with Gasteiger partial charge < -0.3 is 10.2 Å². The van der Waals surface area contributed by atoms with Crippen molar-refractivity contribution in [2.24, 2.45) is 0 Å². The minimum atomic E-state index is -0.638. The van der Waals surface area contributed by atoms with Gasteiger partial charge >= 0.3 is 0 Å². The maximum atomic E-state index is 15.0. The molecule has 1 N–H and O–H groups in total. The average Bonchev–Trinajstić information content (AvgIpc) is 3.33. The number of carbonyl (C=O) groups is 2. The molecule has 0 radical (unpaired) electrons. The smallest absolute Gasteiger partial charge is 0.264 e. The summed E-state index contributed by atoms with van der Waals surface area (Å²) >= 11 is 6.20. The SMILES string of the molecule is CC1(C)C=C(CN2CCN(c3ccccc3)CC2)c2cc(F)cc3c2N1C(=O)C3=C1SC(=S)NC1=O. The number of carbonyl (C=O) groups excluding carboxylic acids is 2. The van der Waals surface area contributed by atoms with E-state index >= 15 is 0 Å². The van der Waals surface area contributed by atoms with Gasteiger partial charge in [-0.1, -0.05) is 48.3 Å². The molecule has 2 aromatic rings. The fraction of sp³-hybridized carbons (Fsp3) is 0.296. The van der Waals surface area contributed by atoms with Crippen molar-refractivity contribution in [3.8, 4) is 0 Å². The van der Waals surface area contributed by atoms with Crippen molar-refractivity contribution in [1.29, 1.82) is 0 Å². The van der Waals surface area contributed by atoms with Gasteiger partial charge in [-0.3, -0.25) is 19.4 Å². The van der Waals surface area contributed by atoms with Crippen molar-refractivity contribution in [3.63, 3.8) is 0 Å².